The summed E-state index contributed by atoms with van der Waals surface area (Å²) in [6.07, 6.45) is 0. The van der Waals surface area contributed by atoms with Crippen molar-refractivity contribution in [3.8, 4) is 0 Å². The highest BCUT2D eigenvalue weighted by Crippen LogP contribution is 2.58. The van der Waals surface area contributed by atoms with Crippen LogP contribution in [0.2, 0.25) is 0 Å². The minimum absolute atomic E-state index is 0.339. The molecule has 0 saturated carbocycles. The van der Waals surface area contributed by atoms with Crippen LogP contribution in [0.3, 0.4) is 0 Å². The number of rotatable bonds is 1. The Morgan fingerprint density at radius 1 is 0.870 bits per heavy atom. The molecule has 0 spiro atoms. The van der Waals surface area contributed by atoms with Crippen molar-refractivity contribution in [2.24, 2.45) is 4.99 Å². The van der Waals surface area contributed by atoms with Crippen molar-refractivity contribution in [1.82, 2.24) is 0 Å². The summed E-state index contributed by atoms with van der Waals surface area (Å²) in [5.74, 6) is 0.808. The van der Waals surface area contributed by atoms with E-state index in [1.54, 1.807) is 7.11 Å². The molecule has 2 nitrogen and oxygen atoms in total. The van der Waals surface area contributed by atoms with Crippen molar-refractivity contribution in [2.75, 3.05) is 7.11 Å². The second-order valence-corrected chi connectivity index (χ2v) is 6.73. The van der Waals surface area contributed by atoms with E-state index < -0.39 is 0 Å². The Morgan fingerprint density at radius 2 is 1.48 bits per heavy atom. The molecule has 2 aromatic carbocycles. The summed E-state index contributed by atoms with van der Waals surface area (Å²) < 4.78 is 5.77. The molecule has 0 fully saturated rings. The van der Waals surface area contributed by atoms with Crippen LogP contribution in [0.4, 0.5) is 0 Å². The molecule has 3 aliphatic rings. The maximum absolute atomic E-state index is 5.77. The molecule has 2 bridgehead atoms. The van der Waals surface area contributed by atoms with E-state index in [0.717, 1.165) is 5.90 Å². The van der Waals surface area contributed by atoms with Crippen LogP contribution >= 0.6 is 0 Å². The highest BCUT2D eigenvalue weighted by molar-refractivity contribution is 6.07. The van der Waals surface area contributed by atoms with E-state index in [1.165, 1.54) is 27.8 Å². The SMILES string of the molecule is COC1=N[C@@]2(C)C(C)=C(c3ccccc3)[C@]1(C)c1ccccc12. The summed E-state index contributed by atoms with van der Waals surface area (Å²) in [7, 11) is 1.73. The van der Waals surface area contributed by atoms with Crippen molar-refractivity contribution in [1.29, 1.82) is 0 Å². The highest BCUT2D eigenvalue weighted by Gasteiger charge is 2.54. The van der Waals surface area contributed by atoms with Gasteiger partial charge >= 0.3 is 0 Å². The van der Waals surface area contributed by atoms with Gasteiger partial charge in [0, 0.05) is 0 Å². The van der Waals surface area contributed by atoms with Crippen molar-refractivity contribution >= 4 is 11.5 Å². The van der Waals surface area contributed by atoms with Gasteiger partial charge in [0.25, 0.3) is 0 Å². The lowest BCUT2D eigenvalue weighted by Crippen LogP contribution is -2.49. The molecule has 0 saturated heterocycles. The third kappa shape index (κ3) is 1.61. The van der Waals surface area contributed by atoms with Gasteiger partial charge in [0.2, 0.25) is 0 Å². The Hall–Kier alpha value is -2.35. The zero-order chi connectivity index (χ0) is 16.2. The number of dihydropyridines is 1. The second kappa shape index (κ2) is 4.58. The summed E-state index contributed by atoms with van der Waals surface area (Å²) in [6.45, 7) is 6.65. The molecule has 0 aromatic heterocycles. The molecule has 1 aliphatic carbocycles. The van der Waals surface area contributed by atoms with Gasteiger partial charge in [-0.3, -0.25) is 0 Å². The lowest BCUT2D eigenvalue weighted by Gasteiger charge is -2.50. The summed E-state index contributed by atoms with van der Waals surface area (Å²) in [4.78, 5) is 5.01. The van der Waals surface area contributed by atoms with Crippen LogP contribution in [-0.4, -0.2) is 13.0 Å². The molecule has 0 amide bonds. The zero-order valence-electron chi connectivity index (χ0n) is 14.1. The van der Waals surface area contributed by atoms with Gasteiger partial charge in [-0.05, 0) is 48.6 Å². The van der Waals surface area contributed by atoms with E-state index in [2.05, 4.69) is 75.4 Å². The fourth-order valence-corrected chi connectivity index (χ4v) is 4.34. The van der Waals surface area contributed by atoms with Crippen LogP contribution in [0.1, 0.15) is 37.5 Å². The van der Waals surface area contributed by atoms with E-state index >= 15 is 0 Å². The van der Waals surface area contributed by atoms with E-state index in [-0.39, 0.29) is 11.0 Å². The first kappa shape index (κ1) is 14.3. The van der Waals surface area contributed by atoms with Crippen LogP contribution in [0, 0.1) is 0 Å². The monoisotopic (exact) mass is 303 g/mol. The summed E-state index contributed by atoms with van der Waals surface area (Å²) in [5.41, 5.74) is 5.79. The molecule has 2 aromatic rings. The average Bonchev–Trinajstić information content (AvgIpc) is 2.58. The molecule has 116 valence electrons. The van der Waals surface area contributed by atoms with Crippen LogP contribution in [0.15, 0.2) is 65.2 Å². The lowest BCUT2D eigenvalue weighted by molar-refractivity contribution is 0.341. The first-order chi connectivity index (χ1) is 11.0. The third-order valence-electron chi connectivity index (χ3n) is 5.60. The Bertz CT molecular complexity index is 849. The third-order valence-corrected chi connectivity index (χ3v) is 5.60. The first-order valence-electron chi connectivity index (χ1n) is 8.05. The predicted octanol–water partition coefficient (Wildman–Crippen LogP) is 4.71. The average molecular weight is 303 g/mol. The van der Waals surface area contributed by atoms with Crippen molar-refractivity contribution in [3.05, 3.63) is 76.9 Å². The fourth-order valence-electron chi connectivity index (χ4n) is 4.34. The van der Waals surface area contributed by atoms with Crippen LogP contribution < -0.4 is 0 Å². The molecule has 2 heteroatoms. The summed E-state index contributed by atoms with van der Waals surface area (Å²) >= 11 is 0. The number of hydrogen-bond acceptors (Lipinski definition) is 2. The quantitative estimate of drug-likeness (QED) is 0.748. The second-order valence-electron chi connectivity index (χ2n) is 6.73. The van der Waals surface area contributed by atoms with Crippen molar-refractivity contribution in [2.45, 2.75) is 31.7 Å². The standard InChI is InChI=1S/C21H21NO/c1-14-18(15-10-6-5-7-11-15)20(2)16-12-8-9-13-17(16)21(14,3)22-19(20)23-4/h5-13H,1-4H3/t20-,21-/m0/s1. The number of nitrogens with zero attached hydrogens (tertiary/aromatic N) is 1. The van der Waals surface area contributed by atoms with Crippen molar-refractivity contribution < 1.29 is 4.74 Å². The largest absolute Gasteiger partial charge is 0.483 e. The fraction of sp³-hybridized carbons (Fsp3) is 0.286. The number of aliphatic imine (C=N–C) groups is 1. The Kier molecular flexibility index (Phi) is 2.84. The summed E-state index contributed by atoms with van der Waals surface area (Å²) in [5, 5.41) is 0. The Morgan fingerprint density at radius 3 is 2.13 bits per heavy atom. The Balaban J connectivity index is 2.10. The minimum Gasteiger partial charge on any atom is -0.483 e. The zero-order valence-corrected chi connectivity index (χ0v) is 14.1. The van der Waals surface area contributed by atoms with Gasteiger partial charge in [0.15, 0.2) is 5.90 Å². The van der Waals surface area contributed by atoms with Gasteiger partial charge in [0.05, 0.1) is 12.5 Å². The molecular formula is C21H21NO. The molecule has 23 heavy (non-hydrogen) atoms. The van der Waals surface area contributed by atoms with Gasteiger partial charge in [0.1, 0.15) is 5.54 Å². The molecular weight excluding hydrogens is 282 g/mol. The normalized spacial score (nSPS) is 28.4. The summed E-state index contributed by atoms with van der Waals surface area (Å²) in [6, 6.07) is 19.3. The lowest BCUT2D eigenvalue weighted by atomic mass is 9.58. The van der Waals surface area contributed by atoms with E-state index in [0.29, 0.717) is 0 Å². The minimum atomic E-state index is -0.356. The highest BCUT2D eigenvalue weighted by atomic mass is 16.5. The van der Waals surface area contributed by atoms with Gasteiger partial charge < -0.3 is 4.74 Å². The smallest absolute Gasteiger partial charge is 0.199 e. The van der Waals surface area contributed by atoms with Gasteiger partial charge in [-0.1, -0.05) is 54.6 Å². The Labute approximate surface area is 137 Å². The predicted molar refractivity (Wildman–Crippen MR) is 94.6 cm³/mol. The first-order valence-corrected chi connectivity index (χ1v) is 8.05. The number of benzene rings is 2. The maximum Gasteiger partial charge on any atom is 0.199 e. The topological polar surface area (TPSA) is 21.6 Å². The molecule has 5 rings (SSSR count). The van der Waals surface area contributed by atoms with E-state index in [1.807, 2.05) is 0 Å². The molecule has 2 heterocycles. The molecule has 2 atom stereocenters. The van der Waals surface area contributed by atoms with Gasteiger partial charge in [-0.25, -0.2) is 4.99 Å². The number of ether oxygens (including phenoxy) is 1. The molecule has 0 N–H and O–H groups in total. The van der Waals surface area contributed by atoms with Crippen LogP contribution in [-0.2, 0) is 15.7 Å². The molecule has 2 aliphatic heterocycles. The van der Waals surface area contributed by atoms with E-state index in [9.17, 15) is 0 Å². The van der Waals surface area contributed by atoms with Crippen LogP contribution in [0.5, 0.6) is 0 Å². The van der Waals surface area contributed by atoms with Crippen molar-refractivity contribution in [3.63, 3.8) is 0 Å². The number of methoxy groups -OCH3 is 1. The van der Waals surface area contributed by atoms with Gasteiger partial charge in [-0.2, -0.15) is 0 Å². The maximum atomic E-state index is 5.77. The van der Waals surface area contributed by atoms with Gasteiger partial charge in [-0.15, -0.1) is 0 Å². The molecule has 0 unspecified atom stereocenters. The molecule has 0 radical (unpaired) electrons. The van der Waals surface area contributed by atoms with E-state index in [4.69, 9.17) is 9.73 Å². The number of hydrogen-bond donors (Lipinski definition) is 0. The van der Waals surface area contributed by atoms with Crippen LogP contribution in [0.25, 0.3) is 5.57 Å².